The average Bonchev–Trinajstić information content (AvgIpc) is 3.37. The minimum atomic E-state index is 0.622. The molecule has 2 aromatic heterocycles. The molecule has 128 valence electrons. The molecule has 0 amide bonds. The van der Waals surface area contributed by atoms with Crippen LogP contribution in [0.4, 0.5) is 5.82 Å². The molecule has 0 bridgehead atoms. The number of aromatic nitrogens is 4. The van der Waals surface area contributed by atoms with E-state index in [0.717, 1.165) is 18.8 Å². The lowest BCUT2D eigenvalue weighted by Crippen LogP contribution is -2.46. The van der Waals surface area contributed by atoms with E-state index in [-0.39, 0.29) is 0 Å². The summed E-state index contributed by atoms with van der Waals surface area (Å²) >= 11 is 0. The van der Waals surface area contributed by atoms with Crippen LogP contribution in [0.25, 0.3) is 0 Å². The van der Waals surface area contributed by atoms with Crippen LogP contribution in [0.3, 0.4) is 0 Å². The van der Waals surface area contributed by atoms with Gasteiger partial charge in [0.05, 0.1) is 0 Å². The van der Waals surface area contributed by atoms with Gasteiger partial charge in [-0.2, -0.15) is 0 Å². The summed E-state index contributed by atoms with van der Waals surface area (Å²) in [6, 6.07) is 3.38. The number of likely N-dealkylation sites (tertiary alicyclic amines) is 1. The van der Waals surface area contributed by atoms with Crippen LogP contribution in [0.2, 0.25) is 0 Å². The van der Waals surface area contributed by atoms with Crippen molar-refractivity contribution in [2.75, 3.05) is 24.5 Å². The molecule has 2 fully saturated rings. The Labute approximate surface area is 143 Å². The minimum absolute atomic E-state index is 0.622. The highest BCUT2D eigenvalue weighted by Gasteiger charge is 2.36. The normalized spacial score (nSPS) is 19.5. The van der Waals surface area contributed by atoms with Gasteiger partial charge >= 0.3 is 0 Å². The number of imidazole rings is 1. The Hall–Kier alpha value is -1.95. The molecule has 24 heavy (non-hydrogen) atoms. The molecule has 0 spiro atoms. The fourth-order valence-electron chi connectivity index (χ4n) is 3.78. The van der Waals surface area contributed by atoms with Crippen LogP contribution >= 0.6 is 0 Å². The third-order valence-corrected chi connectivity index (χ3v) is 5.29. The van der Waals surface area contributed by atoms with Crippen LogP contribution in [-0.4, -0.2) is 56.1 Å². The van der Waals surface area contributed by atoms with E-state index in [2.05, 4.69) is 42.4 Å². The summed E-state index contributed by atoms with van der Waals surface area (Å²) in [5, 5.41) is 0. The van der Waals surface area contributed by atoms with E-state index in [9.17, 15) is 0 Å². The lowest BCUT2D eigenvalue weighted by molar-refractivity contribution is 0.208. The van der Waals surface area contributed by atoms with E-state index in [1.807, 2.05) is 18.6 Å². The summed E-state index contributed by atoms with van der Waals surface area (Å²) in [5.41, 5.74) is 0. The zero-order valence-corrected chi connectivity index (χ0v) is 14.4. The van der Waals surface area contributed by atoms with Gasteiger partial charge in [0.25, 0.3) is 0 Å². The zero-order chi connectivity index (χ0) is 16.4. The van der Waals surface area contributed by atoms with Gasteiger partial charge in [-0.15, -0.1) is 0 Å². The van der Waals surface area contributed by atoms with Crippen molar-refractivity contribution in [2.45, 2.75) is 44.2 Å². The highest BCUT2D eigenvalue weighted by Crippen LogP contribution is 2.34. The zero-order valence-electron chi connectivity index (χ0n) is 14.4. The fourth-order valence-corrected chi connectivity index (χ4v) is 3.78. The molecule has 0 aromatic carbocycles. The molecular formula is C18H26N6. The first kappa shape index (κ1) is 15.6. The number of rotatable bonds is 6. The van der Waals surface area contributed by atoms with Gasteiger partial charge in [-0.05, 0) is 31.7 Å². The Kier molecular flexibility index (Phi) is 4.47. The number of aryl methyl sites for hydroxylation is 1. The average molecular weight is 326 g/mol. The SMILES string of the molecule is Cn1ccnc1CCN1CCC(N(c2ccncn2)C2CC2)CC1. The first-order valence-corrected chi connectivity index (χ1v) is 9.04. The number of nitrogens with zero attached hydrogens (tertiary/aromatic N) is 6. The lowest BCUT2D eigenvalue weighted by Gasteiger charge is -2.39. The van der Waals surface area contributed by atoms with E-state index in [0.29, 0.717) is 12.1 Å². The molecule has 2 aromatic rings. The fraction of sp³-hybridized carbons (Fsp3) is 0.611. The molecule has 6 heteroatoms. The summed E-state index contributed by atoms with van der Waals surface area (Å²) in [6.07, 6.45) is 13.5. The van der Waals surface area contributed by atoms with Gasteiger partial charge in [-0.3, -0.25) is 0 Å². The third-order valence-electron chi connectivity index (χ3n) is 5.29. The maximum absolute atomic E-state index is 4.50. The molecule has 3 heterocycles. The summed E-state index contributed by atoms with van der Waals surface area (Å²) in [6.45, 7) is 3.45. The quantitative estimate of drug-likeness (QED) is 0.811. The minimum Gasteiger partial charge on any atom is -0.350 e. The molecular weight excluding hydrogens is 300 g/mol. The Morgan fingerprint density at radius 2 is 1.88 bits per heavy atom. The van der Waals surface area contributed by atoms with Crippen molar-refractivity contribution in [3.63, 3.8) is 0 Å². The number of anilines is 1. The Morgan fingerprint density at radius 3 is 2.50 bits per heavy atom. The Bertz CT molecular complexity index is 643. The molecule has 1 saturated heterocycles. The van der Waals surface area contributed by atoms with Gasteiger partial charge in [0.1, 0.15) is 18.0 Å². The van der Waals surface area contributed by atoms with Gasteiger partial charge in [-0.25, -0.2) is 15.0 Å². The van der Waals surface area contributed by atoms with Gasteiger partial charge in [0, 0.05) is 63.8 Å². The van der Waals surface area contributed by atoms with Crippen molar-refractivity contribution >= 4 is 5.82 Å². The molecule has 0 radical (unpaired) electrons. The van der Waals surface area contributed by atoms with Crippen LogP contribution in [0.1, 0.15) is 31.5 Å². The van der Waals surface area contributed by atoms with Crippen LogP contribution in [-0.2, 0) is 13.5 Å². The summed E-state index contributed by atoms with van der Waals surface area (Å²) < 4.78 is 2.12. The van der Waals surface area contributed by atoms with E-state index >= 15 is 0 Å². The van der Waals surface area contributed by atoms with Crippen LogP contribution in [0.15, 0.2) is 31.0 Å². The number of hydrogen-bond donors (Lipinski definition) is 0. The summed E-state index contributed by atoms with van der Waals surface area (Å²) in [4.78, 5) is 18.1. The van der Waals surface area contributed by atoms with Gasteiger partial charge in [0.15, 0.2) is 0 Å². The highest BCUT2D eigenvalue weighted by molar-refractivity contribution is 5.41. The number of piperidine rings is 1. The van der Waals surface area contributed by atoms with E-state index in [1.165, 1.54) is 44.6 Å². The monoisotopic (exact) mass is 326 g/mol. The molecule has 6 nitrogen and oxygen atoms in total. The predicted molar refractivity (Wildman–Crippen MR) is 93.9 cm³/mol. The topological polar surface area (TPSA) is 50.1 Å². The van der Waals surface area contributed by atoms with Crippen LogP contribution in [0, 0.1) is 0 Å². The molecule has 1 aliphatic heterocycles. The molecule has 2 aliphatic rings. The van der Waals surface area contributed by atoms with E-state index in [4.69, 9.17) is 0 Å². The van der Waals surface area contributed by atoms with E-state index in [1.54, 1.807) is 6.33 Å². The Balaban J connectivity index is 1.32. The van der Waals surface area contributed by atoms with Crippen molar-refractivity contribution in [3.05, 3.63) is 36.8 Å². The lowest BCUT2D eigenvalue weighted by atomic mass is 10.0. The second-order valence-corrected chi connectivity index (χ2v) is 6.98. The van der Waals surface area contributed by atoms with Gasteiger partial charge in [-0.1, -0.05) is 0 Å². The highest BCUT2D eigenvalue weighted by atomic mass is 15.3. The summed E-state index contributed by atoms with van der Waals surface area (Å²) in [7, 11) is 2.07. The molecule has 4 rings (SSSR count). The third kappa shape index (κ3) is 3.43. The second kappa shape index (κ2) is 6.89. The first-order valence-electron chi connectivity index (χ1n) is 9.04. The summed E-state index contributed by atoms with van der Waals surface area (Å²) in [5.74, 6) is 2.29. The van der Waals surface area contributed by atoms with Crippen LogP contribution < -0.4 is 4.90 Å². The maximum atomic E-state index is 4.50. The smallest absolute Gasteiger partial charge is 0.132 e. The standard InChI is InChI=1S/C18H26N6/c1-22-13-9-20-17(22)7-12-23-10-5-16(6-11-23)24(15-2-3-15)18-4-8-19-14-21-18/h4,8-9,13-16H,2-3,5-7,10-12H2,1H3. The van der Waals surface area contributed by atoms with Crippen molar-refractivity contribution in [1.82, 2.24) is 24.4 Å². The van der Waals surface area contributed by atoms with Crippen molar-refractivity contribution < 1.29 is 0 Å². The predicted octanol–water partition coefficient (Wildman–Crippen LogP) is 1.89. The second-order valence-electron chi connectivity index (χ2n) is 6.98. The van der Waals surface area contributed by atoms with Gasteiger partial charge in [0.2, 0.25) is 0 Å². The molecule has 0 unspecified atom stereocenters. The van der Waals surface area contributed by atoms with Gasteiger partial charge < -0.3 is 14.4 Å². The van der Waals surface area contributed by atoms with Crippen molar-refractivity contribution in [3.8, 4) is 0 Å². The molecule has 1 aliphatic carbocycles. The largest absolute Gasteiger partial charge is 0.350 e. The molecule has 1 saturated carbocycles. The first-order chi connectivity index (χ1) is 11.8. The van der Waals surface area contributed by atoms with Crippen molar-refractivity contribution in [1.29, 1.82) is 0 Å². The maximum Gasteiger partial charge on any atom is 0.132 e. The van der Waals surface area contributed by atoms with E-state index < -0.39 is 0 Å². The molecule has 0 N–H and O–H groups in total. The van der Waals surface area contributed by atoms with Crippen molar-refractivity contribution in [2.24, 2.45) is 7.05 Å². The van der Waals surface area contributed by atoms with Crippen LogP contribution in [0.5, 0.6) is 0 Å². The number of hydrogen-bond acceptors (Lipinski definition) is 5. The Morgan fingerprint density at radius 1 is 1.08 bits per heavy atom. The molecule has 0 atom stereocenters.